The summed E-state index contributed by atoms with van der Waals surface area (Å²) in [5.41, 5.74) is 4.75. The second-order valence-electron chi connectivity index (χ2n) is 7.61. The second-order valence-corrected chi connectivity index (χ2v) is 7.61. The summed E-state index contributed by atoms with van der Waals surface area (Å²) < 4.78 is 5.71. The van der Waals surface area contributed by atoms with E-state index in [1.54, 1.807) is 6.08 Å². The smallest absolute Gasteiger partial charge is 0.244 e. The van der Waals surface area contributed by atoms with Crippen molar-refractivity contribution in [2.45, 2.75) is 40.0 Å². The molecule has 2 aromatic rings. The molecule has 2 rings (SSSR count). The van der Waals surface area contributed by atoms with Gasteiger partial charge in [-0.1, -0.05) is 62.7 Å². The number of amides is 1. The third-order valence-electron chi connectivity index (χ3n) is 4.19. The average Bonchev–Trinajstić information content (AvgIpc) is 2.58. The third-order valence-corrected chi connectivity index (χ3v) is 4.19. The van der Waals surface area contributed by atoms with E-state index in [9.17, 15) is 4.79 Å². The molecule has 1 amide bonds. The molecule has 138 valence electrons. The Labute approximate surface area is 157 Å². The summed E-state index contributed by atoms with van der Waals surface area (Å²) >= 11 is 0. The van der Waals surface area contributed by atoms with Gasteiger partial charge in [-0.3, -0.25) is 4.79 Å². The Morgan fingerprint density at radius 3 is 2.38 bits per heavy atom. The zero-order valence-electron chi connectivity index (χ0n) is 16.4. The topological polar surface area (TPSA) is 38.3 Å². The van der Waals surface area contributed by atoms with Gasteiger partial charge in [0.05, 0.1) is 6.54 Å². The van der Waals surface area contributed by atoms with Crippen molar-refractivity contribution in [3.63, 3.8) is 0 Å². The highest BCUT2D eigenvalue weighted by Crippen LogP contribution is 2.22. The van der Waals surface area contributed by atoms with E-state index in [1.165, 1.54) is 11.1 Å². The molecule has 0 unspecified atom stereocenters. The van der Waals surface area contributed by atoms with Gasteiger partial charge in [-0.25, -0.2) is 0 Å². The van der Waals surface area contributed by atoms with Crippen LogP contribution >= 0.6 is 0 Å². The van der Waals surface area contributed by atoms with Gasteiger partial charge in [0.2, 0.25) is 5.91 Å². The van der Waals surface area contributed by atoms with Crippen molar-refractivity contribution in [1.82, 2.24) is 5.32 Å². The van der Waals surface area contributed by atoms with Crippen molar-refractivity contribution < 1.29 is 9.53 Å². The van der Waals surface area contributed by atoms with E-state index < -0.39 is 0 Å². The minimum atomic E-state index is -0.117. The van der Waals surface area contributed by atoms with Crippen molar-refractivity contribution in [1.29, 1.82) is 0 Å². The molecule has 3 heteroatoms. The van der Waals surface area contributed by atoms with E-state index in [0.717, 1.165) is 16.9 Å². The molecule has 0 aliphatic rings. The van der Waals surface area contributed by atoms with Crippen molar-refractivity contribution >= 4 is 12.0 Å². The van der Waals surface area contributed by atoms with Gasteiger partial charge in [0.15, 0.2) is 0 Å². The predicted octanol–water partition coefficient (Wildman–Crippen LogP) is 4.81. The van der Waals surface area contributed by atoms with Crippen LogP contribution in [-0.4, -0.2) is 19.1 Å². The quantitative estimate of drug-likeness (QED) is 0.599. The highest BCUT2D eigenvalue weighted by molar-refractivity contribution is 5.91. The van der Waals surface area contributed by atoms with Gasteiger partial charge < -0.3 is 10.1 Å². The van der Waals surface area contributed by atoms with Crippen LogP contribution in [0.3, 0.4) is 0 Å². The fourth-order valence-electron chi connectivity index (χ4n) is 2.62. The van der Waals surface area contributed by atoms with Crippen LogP contribution in [0.15, 0.2) is 48.5 Å². The van der Waals surface area contributed by atoms with Crippen molar-refractivity contribution in [2.75, 3.05) is 13.2 Å². The van der Waals surface area contributed by atoms with E-state index >= 15 is 0 Å². The second kappa shape index (κ2) is 8.70. The summed E-state index contributed by atoms with van der Waals surface area (Å²) in [7, 11) is 0. The molecule has 3 nitrogen and oxygen atoms in total. The van der Waals surface area contributed by atoms with Gasteiger partial charge in [0.1, 0.15) is 12.4 Å². The van der Waals surface area contributed by atoms with E-state index in [2.05, 4.69) is 51.2 Å². The maximum absolute atomic E-state index is 11.9. The number of aryl methyl sites for hydroxylation is 2. The lowest BCUT2D eigenvalue weighted by atomic mass is 9.87. The van der Waals surface area contributed by atoms with E-state index in [1.807, 2.05) is 37.3 Å². The fraction of sp³-hybridized carbons (Fsp3) is 0.348. The van der Waals surface area contributed by atoms with Gasteiger partial charge in [-0.15, -0.1) is 0 Å². The summed E-state index contributed by atoms with van der Waals surface area (Å²) in [6.07, 6.45) is 3.38. The summed E-state index contributed by atoms with van der Waals surface area (Å²) in [5.74, 6) is 0.744. The van der Waals surface area contributed by atoms with Gasteiger partial charge in [0.25, 0.3) is 0 Å². The van der Waals surface area contributed by atoms with Crippen LogP contribution in [0.2, 0.25) is 0 Å². The first-order valence-electron chi connectivity index (χ1n) is 9.02. The fourth-order valence-corrected chi connectivity index (χ4v) is 2.62. The number of benzene rings is 2. The molecule has 26 heavy (non-hydrogen) atoms. The first-order chi connectivity index (χ1) is 12.3. The first kappa shape index (κ1) is 19.8. The van der Waals surface area contributed by atoms with Crippen LogP contribution in [0.25, 0.3) is 6.08 Å². The monoisotopic (exact) mass is 351 g/mol. The molecule has 0 bridgehead atoms. The van der Waals surface area contributed by atoms with Crippen LogP contribution in [0.4, 0.5) is 0 Å². The van der Waals surface area contributed by atoms with Gasteiger partial charge in [-0.2, -0.15) is 0 Å². The first-order valence-corrected chi connectivity index (χ1v) is 9.02. The minimum absolute atomic E-state index is 0.117. The van der Waals surface area contributed by atoms with Crippen LogP contribution < -0.4 is 10.1 Å². The number of hydrogen-bond acceptors (Lipinski definition) is 2. The largest absolute Gasteiger partial charge is 0.491 e. The standard InChI is InChI=1S/C23H29NO2/c1-17-6-12-21(18(2)16-17)26-15-14-24-22(25)13-9-19-7-10-20(11-8-19)23(3,4)5/h6-13,16H,14-15H2,1-5H3,(H,24,25)/b13-9+. The molecule has 0 radical (unpaired) electrons. The number of carbonyl (C=O) groups is 1. The maximum atomic E-state index is 11.9. The number of rotatable bonds is 6. The molecule has 2 aromatic carbocycles. The molecule has 0 aliphatic heterocycles. The van der Waals surface area contributed by atoms with Crippen molar-refractivity contribution in [3.8, 4) is 5.75 Å². The van der Waals surface area contributed by atoms with E-state index in [4.69, 9.17) is 4.74 Å². The average molecular weight is 351 g/mol. The molecule has 0 fully saturated rings. The number of carbonyl (C=O) groups excluding carboxylic acids is 1. The lowest BCUT2D eigenvalue weighted by molar-refractivity contribution is -0.116. The SMILES string of the molecule is Cc1ccc(OCCNC(=O)/C=C/c2ccc(C(C)(C)C)cc2)c(C)c1. The molecule has 0 heterocycles. The van der Waals surface area contributed by atoms with Gasteiger partial charge in [-0.05, 0) is 48.1 Å². The predicted molar refractivity (Wildman–Crippen MR) is 109 cm³/mol. The van der Waals surface area contributed by atoms with Gasteiger partial charge >= 0.3 is 0 Å². The lowest BCUT2D eigenvalue weighted by Crippen LogP contribution is -2.26. The lowest BCUT2D eigenvalue weighted by Gasteiger charge is -2.18. The van der Waals surface area contributed by atoms with Crippen molar-refractivity contribution in [2.24, 2.45) is 0 Å². The van der Waals surface area contributed by atoms with Crippen LogP contribution in [0, 0.1) is 13.8 Å². The molecule has 1 N–H and O–H groups in total. The molecule has 0 spiro atoms. The molecule has 0 aliphatic carbocycles. The minimum Gasteiger partial charge on any atom is -0.491 e. The van der Waals surface area contributed by atoms with E-state index in [-0.39, 0.29) is 11.3 Å². The van der Waals surface area contributed by atoms with Crippen LogP contribution in [-0.2, 0) is 10.2 Å². The molecular weight excluding hydrogens is 322 g/mol. The Morgan fingerprint density at radius 2 is 1.77 bits per heavy atom. The highest BCUT2D eigenvalue weighted by atomic mass is 16.5. The number of ether oxygens (including phenoxy) is 1. The van der Waals surface area contributed by atoms with E-state index in [0.29, 0.717) is 13.2 Å². The molecular formula is C23H29NO2. The Hall–Kier alpha value is -2.55. The zero-order valence-corrected chi connectivity index (χ0v) is 16.4. The van der Waals surface area contributed by atoms with Gasteiger partial charge in [0, 0.05) is 6.08 Å². The summed E-state index contributed by atoms with van der Waals surface area (Å²) in [6, 6.07) is 14.4. The number of hydrogen-bond donors (Lipinski definition) is 1. The molecule has 0 saturated heterocycles. The Bertz CT molecular complexity index is 768. The highest BCUT2D eigenvalue weighted by Gasteiger charge is 2.12. The number of nitrogens with one attached hydrogen (secondary N) is 1. The molecule has 0 aromatic heterocycles. The Morgan fingerprint density at radius 1 is 1.08 bits per heavy atom. The zero-order chi connectivity index (χ0) is 19.2. The third kappa shape index (κ3) is 6.07. The Kier molecular flexibility index (Phi) is 6.62. The maximum Gasteiger partial charge on any atom is 0.244 e. The summed E-state index contributed by atoms with van der Waals surface area (Å²) in [4.78, 5) is 11.9. The Balaban J connectivity index is 1.77. The summed E-state index contributed by atoms with van der Waals surface area (Å²) in [6.45, 7) is 11.6. The van der Waals surface area contributed by atoms with Crippen LogP contribution in [0.5, 0.6) is 5.75 Å². The normalized spacial score (nSPS) is 11.6. The summed E-state index contributed by atoms with van der Waals surface area (Å²) in [5, 5.41) is 2.84. The molecule has 0 atom stereocenters. The molecule has 0 saturated carbocycles. The van der Waals surface area contributed by atoms with Crippen molar-refractivity contribution in [3.05, 3.63) is 70.8 Å². The van der Waals surface area contributed by atoms with Crippen LogP contribution in [0.1, 0.15) is 43.0 Å².